The van der Waals surface area contributed by atoms with Crippen molar-refractivity contribution in [2.45, 2.75) is 6.92 Å². The maximum absolute atomic E-state index is 13.1. The highest BCUT2D eigenvalue weighted by Gasteiger charge is 2.21. The average Bonchev–Trinajstić information content (AvgIpc) is 2.64. The van der Waals surface area contributed by atoms with Crippen LogP contribution in [0.4, 0.5) is 15.8 Å². The molecule has 0 spiro atoms. The van der Waals surface area contributed by atoms with Crippen LogP contribution in [0.2, 0.25) is 0 Å². The highest BCUT2D eigenvalue weighted by atomic mass is 19.1. The van der Waals surface area contributed by atoms with E-state index in [9.17, 15) is 28.9 Å². The number of nitro benzene ring substituents is 1. The summed E-state index contributed by atoms with van der Waals surface area (Å²) in [4.78, 5) is 50.1. The molecule has 0 saturated carbocycles. The predicted molar refractivity (Wildman–Crippen MR) is 98.4 cm³/mol. The van der Waals surface area contributed by atoms with Crippen molar-refractivity contribution in [1.82, 2.24) is 9.55 Å². The molecule has 3 aromatic rings. The van der Waals surface area contributed by atoms with E-state index in [0.717, 1.165) is 18.3 Å². The Bertz CT molecular complexity index is 1200. The second-order valence-electron chi connectivity index (χ2n) is 5.80. The number of hydrogen-bond donors (Lipinski definition) is 2. The molecule has 2 aromatic carbocycles. The molecule has 142 valence electrons. The number of nitro groups is 1. The summed E-state index contributed by atoms with van der Waals surface area (Å²) in [5.74, 6) is -1.50. The van der Waals surface area contributed by atoms with Gasteiger partial charge in [0.05, 0.1) is 10.6 Å². The molecule has 0 unspecified atom stereocenters. The van der Waals surface area contributed by atoms with E-state index in [1.54, 1.807) is 13.0 Å². The van der Waals surface area contributed by atoms with Gasteiger partial charge >= 0.3 is 5.69 Å². The van der Waals surface area contributed by atoms with Gasteiger partial charge in [-0.25, -0.2) is 13.8 Å². The monoisotopic (exact) mass is 384 g/mol. The van der Waals surface area contributed by atoms with E-state index in [0.29, 0.717) is 10.1 Å². The predicted octanol–water partition coefficient (Wildman–Crippen LogP) is 2.13. The minimum absolute atomic E-state index is 0.0589. The molecule has 9 nitrogen and oxygen atoms in total. The van der Waals surface area contributed by atoms with Gasteiger partial charge in [-0.3, -0.25) is 19.7 Å². The minimum Gasteiger partial charge on any atom is -0.316 e. The fourth-order valence-corrected chi connectivity index (χ4v) is 2.61. The number of hydrogen-bond acceptors (Lipinski definition) is 5. The summed E-state index contributed by atoms with van der Waals surface area (Å²) < 4.78 is 13.8. The first-order chi connectivity index (χ1) is 13.3. The van der Waals surface area contributed by atoms with Crippen molar-refractivity contribution in [3.8, 4) is 5.69 Å². The Morgan fingerprint density at radius 3 is 2.50 bits per heavy atom. The summed E-state index contributed by atoms with van der Waals surface area (Å²) in [6.45, 7) is 1.56. The lowest BCUT2D eigenvalue weighted by atomic mass is 10.1. The smallest absolute Gasteiger partial charge is 0.316 e. The number of carbonyl (C=O) groups excluding carboxylic acids is 1. The molecule has 0 bridgehead atoms. The lowest BCUT2D eigenvalue weighted by Crippen LogP contribution is -2.38. The van der Waals surface area contributed by atoms with Crippen LogP contribution < -0.4 is 16.6 Å². The molecule has 10 heteroatoms. The number of rotatable bonds is 4. The van der Waals surface area contributed by atoms with Gasteiger partial charge in [-0.05, 0) is 36.8 Å². The molecule has 2 N–H and O–H groups in total. The van der Waals surface area contributed by atoms with Gasteiger partial charge in [0, 0.05) is 12.3 Å². The topological polar surface area (TPSA) is 127 Å². The molecular formula is C18H13FN4O5. The zero-order chi connectivity index (χ0) is 20.4. The van der Waals surface area contributed by atoms with E-state index >= 15 is 0 Å². The number of benzene rings is 2. The van der Waals surface area contributed by atoms with E-state index in [2.05, 4.69) is 10.3 Å². The van der Waals surface area contributed by atoms with E-state index < -0.39 is 33.5 Å². The van der Waals surface area contributed by atoms with Crippen LogP contribution in [-0.4, -0.2) is 20.4 Å². The van der Waals surface area contributed by atoms with Gasteiger partial charge in [-0.1, -0.05) is 12.1 Å². The van der Waals surface area contributed by atoms with Gasteiger partial charge in [0.2, 0.25) is 0 Å². The maximum atomic E-state index is 13.1. The second kappa shape index (κ2) is 7.27. The van der Waals surface area contributed by atoms with Crippen LogP contribution in [0.3, 0.4) is 0 Å². The Hall–Kier alpha value is -4.08. The first-order valence-corrected chi connectivity index (χ1v) is 7.95. The van der Waals surface area contributed by atoms with Crippen LogP contribution in [0, 0.1) is 22.9 Å². The Kier molecular flexibility index (Phi) is 4.86. The molecule has 0 radical (unpaired) electrons. The Morgan fingerprint density at radius 1 is 1.18 bits per heavy atom. The third-order valence-electron chi connectivity index (χ3n) is 3.99. The van der Waals surface area contributed by atoms with Gasteiger partial charge in [0.1, 0.15) is 17.1 Å². The van der Waals surface area contributed by atoms with Crippen molar-refractivity contribution in [3.05, 3.63) is 96.6 Å². The minimum atomic E-state index is -0.955. The molecule has 0 aliphatic rings. The third kappa shape index (κ3) is 3.43. The van der Waals surface area contributed by atoms with Crippen LogP contribution in [0.1, 0.15) is 15.9 Å². The van der Waals surface area contributed by atoms with Crippen molar-refractivity contribution < 1.29 is 14.1 Å². The van der Waals surface area contributed by atoms with Crippen LogP contribution in [0.25, 0.3) is 5.69 Å². The number of nitrogens with one attached hydrogen (secondary N) is 2. The fraction of sp³-hybridized carbons (Fsp3) is 0.0556. The summed E-state index contributed by atoms with van der Waals surface area (Å²) >= 11 is 0. The van der Waals surface area contributed by atoms with Crippen molar-refractivity contribution in [2.24, 2.45) is 0 Å². The molecule has 0 saturated heterocycles. The van der Waals surface area contributed by atoms with Crippen molar-refractivity contribution >= 4 is 17.3 Å². The lowest BCUT2D eigenvalue weighted by molar-refractivity contribution is -0.384. The zero-order valence-electron chi connectivity index (χ0n) is 14.4. The number of amides is 1. The average molecular weight is 384 g/mol. The van der Waals surface area contributed by atoms with Crippen LogP contribution in [-0.2, 0) is 0 Å². The Morgan fingerprint density at radius 2 is 1.86 bits per heavy atom. The highest BCUT2D eigenvalue weighted by Crippen LogP contribution is 2.27. The standard InChI is InChI=1S/C18H13FN4O5/c1-10-3-2-4-14(23(27)28)15(10)21-16(24)13-9-20-18(26)22(17(13)25)12-7-5-11(19)6-8-12/h2-9H,1H3,(H,20,26)(H,21,24). The summed E-state index contributed by atoms with van der Waals surface area (Å²) in [5, 5.41) is 13.5. The number of halogens is 1. The van der Waals surface area contributed by atoms with Gasteiger partial charge in [0.25, 0.3) is 17.2 Å². The zero-order valence-corrected chi connectivity index (χ0v) is 14.4. The molecule has 3 rings (SSSR count). The van der Waals surface area contributed by atoms with Crippen LogP contribution >= 0.6 is 0 Å². The third-order valence-corrected chi connectivity index (χ3v) is 3.99. The molecule has 0 atom stereocenters. The first kappa shape index (κ1) is 18.7. The summed E-state index contributed by atoms with van der Waals surface area (Å²) in [6, 6.07) is 8.78. The van der Waals surface area contributed by atoms with Crippen molar-refractivity contribution in [1.29, 1.82) is 0 Å². The maximum Gasteiger partial charge on any atom is 0.333 e. The number of aromatic nitrogens is 2. The van der Waals surface area contributed by atoms with E-state index in [4.69, 9.17) is 0 Å². The molecule has 28 heavy (non-hydrogen) atoms. The summed E-state index contributed by atoms with van der Waals surface area (Å²) in [5.41, 5.74) is -2.14. The first-order valence-electron chi connectivity index (χ1n) is 7.95. The highest BCUT2D eigenvalue weighted by molar-refractivity contribution is 6.05. The quantitative estimate of drug-likeness (QED) is 0.526. The SMILES string of the molecule is Cc1cccc([N+](=O)[O-])c1NC(=O)c1c[nH]c(=O)n(-c2ccc(F)cc2)c1=O. The number of anilines is 1. The number of carbonyl (C=O) groups is 1. The van der Waals surface area contributed by atoms with Crippen LogP contribution in [0.5, 0.6) is 0 Å². The summed E-state index contributed by atoms with van der Waals surface area (Å²) in [6.07, 6.45) is 0.921. The molecule has 1 amide bonds. The molecule has 1 aromatic heterocycles. The number of nitrogens with zero attached hydrogens (tertiary/aromatic N) is 2. The van der Waals surface area contributed by atoms with Gasteiger partial charge in [0.15, 0.2) is 0 Å². The van der Waals surface area contributed by atoms with Gasteiger partial charge < -0.3 is 10.3 Å². The normalized spacial score (nSPS) is 10.5. The van der Waals surface area contributed by atoms with Crippen LogP contribution in [0.15, 0.2) is 58.3 Å². The number of H-pyrrole nitrogens is 1. The molecule has 0 aliphatic carbocycles. The Balaban J connectivity index is 2.07. The van der Waals surface area contributed by atoms with Crippen molar-refractivity contribution in [2.75, 3.05) is 5.32 Å². The van der Waals surface area contributed by atoms with E-state index in [-0.39, 0.29) is 17.1 Å². The lowest BCUT2D eigenvalue weighted by Gasteiger charge is -2.10. The van der Waals surface area contributed by atoms with Gasteiger partial charge in [-0.15, -0.1) is 0 Å². The second-order valence-corrected chi connectivity index (χ2v) is 5.80. The number of aromatic amines is 1. The fourth-order valence-electron chi connectivity index (χ4n) is 2.61. The molecule has 0 fully saturated rings. The van der Waals surface area contributed by atoms with Crippen molar-refractivity contribution in [3.63, 3.8) is 0 Å². The molecular weight excluding hydrogens is 371 g/mol. The van der Waals surface area contributed by atoms with Gasteiger partial charge in [-0.2, -0.15) is 0 Å². The summed E-state index contributed by atoms with van der Waals surface area (Å²) in [7, 11) is 0. The Labute approximate surface area is 156 Å². The molecule has 1 heterocycles. The van der Waals surface area contributed by atoms with E-state index in [1.165, 1.54) is 24.3 Å². The van der Waals surface area contributed by atoms with E-state index in [1.807, 2.05) is 0 Å². The number of aryl methyl sites for hydroxylation is 1. The molecule has 0 aliphatic heterocycles. The number of para-hydroxylation sites is 1. The largest absolute Gasteiger partial charge is 0.333 e.